The molecule has 0 bridgehead atoms. The van der Waals surface area contributed by atoms with Crippen LogP contribution >= 0.6 is 0 Å². The van der Waals surface area contributed by atoms with Crippen molar-refractivity contribution in [3.8, 4) is 0 Å². The van der Waals surface area contributed by atoms with Crippen molar-refractivity contribution in [2.75, 3.05) is 24.1 Å². The molecule has 0 aliphatic heterocycles. The molecule has 0 atom stereocenters. The van der Waals surface area contributed by atoms with E-state index in [-0.39, 0.29) is 5.82 Å². The lowest BCUT2D eigenvalue weighted by Crippen LogP contribution is -2.29. The molecule has 108 valence electrons. The molecule has 20 heavy (non-hydrogen) atoms. The van der Waals surface area contributed by atoms with E-state index in [1.165, 1.54) is 20.2 Å². The highest BCUT2D eigenvalue weighted by atomic mass is 32.2. The molecular weight excluding hydrogens is 284 g/mol. The molecule has 2 N–H and O–H groups in total. The average molecular weight is 298 g/mol. The maximum atomic E-state index is 11.6. The van der Waals surface area contributed by atoms with Crippen LogP contribution in [0.25, 0.3) is 0 Å². The number of nitrogens with zero attached hydrogens (tertiary/aromatic N) is 4. The van der Waals surface area contributed by atoms with Crippen molar-refractivity contribution in [1.82, 2.24) is 19.7 Å². The third-order valence-electron chi connectivity index (χ3n) is 2.26. The Kier molecular flexibility index (Phi) is 3.86. The van der Waals surface area contributed by atoms with Gasteiger partial charge in [0.25, 0.3) is 0 Å². The standard InChI is InChI=1S/C10H14N6O3S/c1-7-6-10(14-19-7)11-8-4-5-9(13-12-8)15-20(17,18)16(2)3/h4-6H,1-3H3,(H,13,15)(H,11,12,14). The first-order valence-corrected chi connectivity index (χ1v) is 7.05. The van der Waals surface area contributed by atoms with Gasteiger partial charge in [-0.3, -0.25) is 4.72 Å². The summed E-state index contributed by atoms with van der Waals surface area (Å²) >= 11 is 0. The Labute approximate surface area is 116 Å². The molecule has 0 fully saturated rings. The Morgan fingerprint density at radius 3 is 2.30 bits per heavy atom. The molecule has 0 radical (unpaired) electrons. The van der Waals surface area contributed by atoms with Gasteiger partial charge in [-0.15, -0.1) is 10.2 Å². The number of aryl methyl sites for hydroxylation is 1. The van der Waals surface area contributed by atoms with Crippen LogP contribution in [-0.2, 0) is 10.2 Å². The molecule has 2 heterocycles. The van der Waals surface area contributed by atoms with Crippen LogP contribution in [-0.4, -0.2) is 42.2 Å². The van der Waals surface area contributed by atoms with Gasteiger partial charge >= 0.3 is 10.2 Å². The molecule has 2 aromatic heterocycles. The van der Waals surface area contributed by atoms with Crippen LogP contribution in [0.1, 0.15) is 5.76 Å². The molecular formula is C10H14N6O3S. The number of rotatable bonds is 5. The van der Waals surface area contributed by atoms with Gasteiger partial charge in [0, 0.05) is 20.2 Å². The van der Waals surface area contributed by atoms with Gasteiger partial charge in [-0.2, -0.15) is 12.7 Å². The quantitative estimate of drug-likeness (QED) is 0.836. The van der Waals surface area contributed by atoms with Crippen molar-refractivity contribution in [3.05, 3.63) is 24.0 Å². The van der Waals surface area contributed by atoms with E-state index >= 15 is 0 Å². The minimum atomic E-state index is -3.59. The second-order valence-corrected chi connectivity index (χ2v) is 6.03. The van der Waals surface area contributed by atoms with Crippen molar-refractivity contribution >= 4 is 27.7 Å². The highest BCUT2D eigenvalue weighted by Crippen LogP contribution is 2.14. The molecule has 0 aromatic carbocycles. The Bertz CT molecular complexity index is 679. The van der Waals surface area contributed by atoms with Crippen LogP contribution in [0.15, 0.2) is 22.7 Å². The summed E-state index contributed by atoms with van der Waals surface area (Å²) < 4.78 is 31.4. The summed E-state index contributed by atoms with van der Waals surface area (Å²) in [6.45, 7) is 1.77. The van der Waals surface area contributed by atoms with E-state index in [1.807, 2.05) is 0 Å². The Morgan fingerprint density at radius 2 is 1.80 bits per heavy atom. The van der Waals surface area contributed by atoms with E-state index in [0.29, 0.717) is 17.4 Å². The zero-order valence-electron chi connectivity index (χ0n) is 11.2. The molecule has 2 rings (SSSR count). The normalized spacial score (nSPS) is 11.6. The summed E-state index contributed by atoms with van der Waals surface area (Å²) in [5, 5.41) is 14.2. The lowest BCUT2D eigenvalue weighted by atomic mass is 10.4. The first-order valence-electron chi connectivity index (χ1n) is 5.61. The van der Waals surface area contributed by atoms with Crippen LogP contribution in [0.2, 0.25) is 0 Å². The monoisotopic (exact) mass is 298 g/mol. The summed E-state index contributed by atoms with van der Waals surface area (Å²) in [5.41, 5.74) is 0. The summed E-state index contributed by atoms with van der Waals surface area (Å²) in [4.78, 5) is 0. The molecule has 0 aliphatic rings. The first kappa shape index (κ1) is 14.2. The fourth-order valence-electron chi connectivity index (χ4n) is 1.23. The predicted molar refractivity (Wildman–Crippen MR) is 72.8 cm³/mol. The highest BCUT2D eigenvalue weighted by molar-refractivity contribution is 7.90. The largest absolute Gasteiger partial charge is 0.360 e. The van der Waals surface area contributed by atoms with Gasteiger partial charge in [0.05, 0.1) is 0 Å². The zero-order valence-corrected chi connectivity index (χ0v) is 12.0. The van der Waals surface area contributed by atoms with Crippen molar-refractivity contribution in [2.24, 2.45) is 0 Å². The van der Waals surface area contributed by atoms with Crippen LogP contribution in [0.4, 0.5) is 17.5 Å². The Balaban J connectivity index is 2.07. The molecule has 0 saturated carbocycles. The second-order valence-electron chi connectivity index (χ2n) is 4.14. The van der Waals surface area contributed by atoms with Gasteiger partial charge in [0.2, 0.25) is 0 Å². The van der Waals surface area contributed by atoms with Gasteiger partial charge in [0.15, 0.2) is 17.5 Å². The molecule has 2 aromatic rings. The summed E-state index contributed by atoms with van der Waals surface area (Å²) in [7, 11) is -0.756. The van der Waals surface area contributed by atoms with Crippen LogP contribution < -0.4 is 10.0 Å². The lowest BCUT2D eigenvalue weighted by molar-refractivity contribution is 0.400. The maximum Gasteiger partial charge on any atom is 0.302 e. The third-order valence-corrected chi connectivity index (χ3v) is 3.69. The van der Waals surface area contributed by atoms with E-state index in [0.717, 1.165) is 4.31 Å². The molecule has 0 amide bonds. The van der Waals surface area contributed by atoms with Crippen molar-refractivity contribution < 1.29 is 12.9 Å². The van der Waals surface area contributed by atoms with Gasteiger partial charge in [-0.05, 0) is 19.1 Å². The molecule has 0 aliphatic carbocycles. The van der Waals surface area contributed by atoms with Gasteiger partial charge in [0.1, 0.15) is 5.76 Å². The number of anilines is 3. The Hall–Kier alpha value is -2.20. The van der Waals surface area contributed by atoms with E-state index in [1.54, 1.807) is 19.1 Å². The van der Waals surface area contributed by atoms with Crippen LogP contribution in [0, 0.1) is 6.92 Å². The van der Waals surface area contributed by atoms with Gasteiger partial charge in [-0.1, -0.05) is 5.16 Å². The van der Waals surface area contributed by atoms with Gasteiger partial charge in [-0.25, -0.2) is 0 Å². The van der Waals surface area contributed by atoms with Crippen molar-refractivity contribution in [3.63, 3.8) is 0 Å². The molecule has 10 heteroatoms. The molecule has 0 unspecified atom stereocenters. The number of hydrogen-bond donors (Lipinski definition) is 2. The highest BCUT2D eigenvalue weighted by Gasteiger charge is 2.14. The minimum Gasteiger partial charge on any atom is -0.360 e. The molecule has 9 nitrogen and oxygen atoms in total. The lowest BCUT2D eigenvalue weighted by Gasteiger charge is -2.12. The Morgan fingerprint density at radius 1 is 1.15 bits per heavy atom. The van der Waals surface area contributed by atoms with E-state index in [4.69, 9.17) is 4.52 Å². The van der Waals surface area contributed by atoms with E-state index in [9.17, 15) is 8.42 Å². The van der Waals surface area contributed by atoms with Gasteiger partial charge < -0.3 is 9.84 Å². The smallest absolute Gasteiger partial charge is 0.302 e. The van der Waals surface area contributed by atoms with Crippen molar-refractivity contribution in [1.29, 1.82) is 0 Å². The minimum absolute atomic E-state index is 0.126. The fraction of sp³-hybridized carbons (Fsp3) is 0.300. The SMILES string of the molecule is Cc1cc(Nc2ccc(NS(=O)(=O)N(C)C)nn2)no1. The molecule has 0 spiro atoms. The molecule has 0 saturated heterocycles. The first-order chi connectivity index (χ1) is 9.37. The number of aromatic nitrogens is 3. The zero-order chi connectivity index (χ0) is 14.8. The summed E-state index contributed by atoms with van der Waals surface area (Å²) in [6, 6.07) is 4.76. The average Bonchev–Trinajstić information content (AvgIpc) is 2.77. The van der Waals surface area contributed by atoms with E-state index < -0.39 is 10.2 Å². The predicted octanol–water partition coefficient (Wildman–Crippen LogP) is 0.735. The van der Waals surface area contributed by atoms with Crippen molar-refractivity contribution in [2.45, 2.75) is 6.92 Å². The number of nitrogens with one attached hydrogen (secondary N) is 2. The number of hydrogen-bond acceptors (Lipinski definition) is 7. The summed E-state index contributed by atoms with van der Waals surface area (Å²) in [6.07, 6.45) is 0. The third kappa shape index (κ3) is 3.42. The van der Waals surface area contributed by atoms with Crippen LogP contribution in [0.5, 0.6) is 0 Å². The maximum absolute atomic E-state index is 11.6. The summed E-state index contributed by atoms with van der Waals surface area (Å²) in [5.74, 6) is 1.71. The second kappa shape index (κ2) is 5.43. The topological polar surface area (TPSA) is 113 Å². The van der Waals surface area contributed by atoms with E-state index in [2.05, 4.69) is 25.4 Å². The van der Waals surface area contributed by atoms with Crippen LogP contribution in [0.3, 0.4) is 0 Å². The fourth-order valence-corrected chi connectivity index (χ4v) is 1.79.